The maximum Gasteiger partial charge on any atom is 0.338 e. The monoisotopic (exact) mass is 275 g/mol. The van der Waals surface area contributed by atoms with Crippen molar-refractivity contribution in [2.24, 2.45) is 0 Å². The van der Waals surface area contributed by atoms with Crippen LogP contribution in [0.15, 0.2) is 30.6 Å². The number of hydrogen-bond acceptors (Lipinski definition) is 6. The Morgan fingerprint density at radius 2 is 2.05 bits per heavy atom. The minimum absolute atomic E-state index is 0.0205. The van der Waals surface area contributed by atoms with E-state index in [0.717, 1.165) is 0 Å². The van der Waals surface area contributed by atoms with Crippen LogP contribution in [0.25, 0.3) is 0 Å². The number of amides is 1. The number of carbonyl (C=O) groups excluding carboxylic acids is 2. The number of tetrazole rings is 1. The van der Waals surface area contributed by atoms with Crippen LogP contribution in [0.1, 0.15) is 17.3 Å². The Morgan fingerprint density at radius 1 is 1.30 bits per heavy atom. The van der Waals surface area contributed by atoms with Gasteiger partial charge < -0.3 is 10.1 Å². The number of benzene rings is 1. The van der Waals surface area contributed by atoms with Crippen LogP contribution in [0.2, 0.25) is 0 Å². The minimum Gasteiger partial charge on any atom is -0.462 e. The van der Waals surface area contributed by atoms with E-state index in [2.05, 4.69) is 20.8 Å². The Balaban J connectivity index is 1.93. The molecule has 0 aliphatic heterocycles. The lowest BCUT2D eigenvalue weighted by Gasteiger charge is -2.06. The summed E-state index contributed by atoms with van der Waals surface area (Å²) in [6.07, 6.45) is 1.35. The van der Waals surface area contributed by atoms with Crippen molar-refractivity contribution in [1.29, 1.82) is 0 Å². The molecule has 0 atom stereocenters. The van der Waals surface area contributed by atoms with Gasteiger partial charge in [0.1, 0.15) is 12.9 Å². The molecule has 1 heterocycles. The number of anilines is 1. The fourth-order valence-corrected chi connectivity index (χ4v) is 1.50. The first-order valence-electron chi connectivity index (χ1n) is 5.97. The zero-order valence-electron chi connectivity index (χ0n) is 10.8. The third-order valence-electron chi connectivity index (χ3n) is 2.38. The third kappa shape index (κ3) is 3.61. The van der Waals surface area contributed by atoms with E-state index in [-0.39, 0.29) is 18.4 Å². The fraction of sp³-hybridized carbons (Fsp3) is 0.250. The predicted octanol–water partition coefficient (Wildman–Crippen LogP) is 0.488. The van der Waals surface area contributed by atoms with Gasteiger partial charge in [0.25, 0.3) is 0 Å². The Hall–Kier alpha value is -2.77. The summed E-state index contributed by atoms with van der Waals surface area (Å²) < 4.78 is 6.18. The molecular formula is C12H13N5O3. The van der Waals surface area contributed by atoms with Gasteiger partial charge in [0.05, 0.1) is 12.2 Å². The molecule has 1 N–H and O–H groups in total. The standard InChI is InChI=1S/C12H13N5O3/c1-2-20-12(19)9-3-5-10(6-4-9)14-11(18)7-17-8-13-15-16-17/h3-6,8H,2,7H2,1H3,(H,14,18). The van der Waals surface area contributed by atoms with Crippen LogP contribution in [0.4, 0.5) is 5.69 Å². The van der Waals surface area contributed by atoms with Crippen LogP contribution in [-0.4, -0.2) is 38.7 Å². The van der Waals surface area contributed by atoms with Gasteiger partial charge in [-0.3, -0.25) is 4.79 Å². The van der Waals surface area contributed by atoms with Crippen molar-refractivity contribution in [3.05, 3.63) is 36.2 Å². The molecule has 0 saturated carbocycles. The van der Waals surface area contributed by atoms with Crippen molar-refractivity contribution in [3.8, 4) is 0 Å². The summed E-state index contributed by atoms with van der Waals surface area (Å²) in [7, 11) is 0. The van der Waals surface area contributed by atoms with Crippen LogP contribution < -0.4 is 5.32 Å². The van der Waals surface area contributed by atoms with E-state index in [1.807, 2.05) is 0 Å². The second-order valence-electron chi connectivity index (χ2n) is 3.85. The molecule has 2 aromatic rings. The largest absolute Gasteiger partial charge is 0.462 e. The third-order valence-corrected chi connectivity index (χ3v) is 2.38. The maximum atomic E-state index is 11.7. The van der Waals surface area contributed by atoms with Gasteiger partial charge in [-0.15, -0.1) is 5.10 Å². The molecule has 0 fully saturated rings. The number of hydrogen-bond donors (Lipinski definition) is 1. The molecule has 0 bridgehead atoms. The second-order valence-corrected chi connectivity index (χ2v) is 3.85. The topological polar surface area (TPSA) is 99.0 Å². The van der Waals surface area contributed by atoms with E-state index in [1.54, 1.807) is 31.2 Å². The van der Waals surface area contributed by atoms with Crippen LogP contribution in [-0.2, 0) is 16.1 Å². The molecular weight excluding hydrogens is 262 g/mol. The lowest BCUT2D eigenvalue weighted by atomic mass is 10.2. The van der Waals surface area contributed by atoms with Crippen molar-refractivity contribution in [2.45, 2.75) is 13.5 Å². The average molecular weight is 275 g/mol. The number of esters is 1. The summed E-state index contributed by atoms with van der Waals surface area (Å²) in [5.74, 6) is -0.653. The number of rotatable bonds is 5. The maximum absolute atomic E-state index is 11.7. The molecule has 8 nitrogen and oxygen atoms in total. The van der Waals surface area contributed by atoms with Gasteiger partial charge in [0.15, 0.2) is 0 Å². The Kier molecular flexibility index (Phi) is 4.38. The van der Waals surface area contributed by atoms with E-state index >= 15 is 0 Å². The van der Waals surface area contributed by atoms with Crippen molar-refractivity contribution < 1.29 is 14.3 Å². The average Bonchev–Trinajstić information content (AvgIpc) is 2.92. The van der Waals surface area contributed by atoms with Gasteiger partial charge in [-0.25, -0.2) is 9.48 Å². The predicted molar refractivity (Wildman–Crippen MR) is 68.8 cm³/mol. The Morgan fingerprint density at radius 3 is 2.65 bits per heavy atom. The molecule has 1 aromatic carbocycles. The van der Waals surface area contributed by atoms with E-state index in [0.29, 0.717) is 17.9 Å². The van der Waals surface area contributed by atoms with Crippen molar-refractivity contribution in [2.75, 3.05) is 11.9 Å². The lowest BCUT2D eigenvalue weighted by molar-refractivity contribution is -0.116. The summed E-state index contributed by atoms with van der Waals surface area (Å²) in [4.78, 5) is 23.1. The van der Waals surface area contributed by atoms with Gasteiger partial charge in [-0.05, 0) is 41.6 Å². The van der Waals surface area contributed by atoms with Crippen LogP contribution >= 0.6 is 0 Å². The van der Waals surface area contributed by atoms with E-state index in [1.165, 1.54) is 11.0 Å². The second kappa shape index (κ2) is 6.41. The van der Waals surface area contributed by atoms with Gasteiger partial charge in [0, 0.05) is 5.69 Å². The highest BCUT2D eigenvalue weighted by Crippen LogP contribution is 2.10. The molecule has 20 heavy (non-hydrogen) atoms. The zero-order valence-corrected chi connectivity index (χ0v) is 10.8. The fourth-order valence-electron chi connectivity index (χ4n) is 1.50. The van der Waals surface area contributed by atoms with Gasteiger partial charge in [-0.2, -0.15) is 0 Å². The molecule has 1 aromatic heterocycles. The molecule has 0 aliphatic rings. The molecule has 0 spiro atoms. The summed E-state index contributed by atoms with van der Waals surface area (Å²) in [6, 6.07) is 6.43. The van der Waals surface area contributed by atoms with Crippen molar-refractivity contribution in [1.82, 2.24) is 20.2 Å². The van der Waals surface area contributed by atoms with Crippen LogP contribution in [0, 0.1) is 0 Å². The van der Waals surface area contributed by atoms with Crippen molar-refractivity contribution in [3.63, 3.8) is 0 Å². The molecule has 8 heteroatoms. The Labute approximate surface area is 114 Å². The van der Waals surface area contributed by atoms with Gasteiger partial charge >= 0.3 is 5.97 Å². The van der Waals surface area contributed by atoms with E-state index in [4.69, 9.17) is 4.74 Å². The number of ether oxygens (including phenoxy) is 1. The van der Waals surface area contributed by atoms with Crippen molar-refractivity contribution >= 4 is 17.6 Å². The lowest BCUT2D eigenvalue weighted by Crippen LogP contribution is -2.19. The molecule has 0 saturated heterocycles. The quantitative estimate of drug-likeness (QED) is 0.797. The molecule has 0 radical (unpaired) electrons. The SMILES string of the molecule is CCOC(=O)c1ccc(NC(=O)Cn2cnnn2)cc1. The molecule has 104 valence electrons. The number of nitrogens with one attached hydrogen (secondary N) is 1. The molecule has 0 unspecified atom stereocenters. The Bertz CT molecular complexity index is 580. The summed E-state index contributed by atoms with van der Waals surface area (Å²) in [6.45, 7) is 2.08. The van der Waals surface area contributed by atoms with E-state index < -0.39 is 0 Å². The number of carbonyl (C=O) groups is 2. The summed E-state index contributed by atoms with van der Waals surface area (Å²) >= 11 is 0. The minimum atomic E-state index is -0.390. The molecule has 1 amide bonds. The zero-order chi connectivity index (χ0) is 14.4. The van der Waals surface area contributed by atoms with Gasteiger partial charge in [-0.1, -0.05) is 0 Å². The van der Waals surface area contributed by atoms with Crippen LogP contribution in [0.3, 0.4) is 0 Å². The summed E-state index contributed by atoms with van der Waals surface area (Å²) in [5.41, 5.74) is 1.02. The highest BCUT2D eigenvalue weighted by molar-refractivity contribution is 5.92. The highest BCUT2D eigenvalue weighted by Gasteiger charge is 2.07. The number of aromatic nitrogens is 4. The van der Waals surface area contributed by atoms with Gasteiger partial charge in [0.2, 0.25) is 5.91 Å². The first kappa shape index (κ1) is 13.7. The smallest absolute Gasteiger partial charge is 0.338 e. The highest BCUT2D eigenvalue weighted by atomic mass is 16.5. The first-order valence-corrected chi connectivity index (χ1v) is 5.97. The normalized spacial score (nSPS) is 10.1. The number of nitrogens with zero attached hydrogens (tertiary/aromatic N) is 4. The van der Waals surface area contributed by atoms with Crippen LogP contribution in [0.5, 0.6) is 0 Å². The molecule has 0 aliphatic carbocycles. The summed E-state index contributed by atoms with van der Waals surface area (Å²) in [5, 5.41) is 13.1. The van der Waals surface area contributed by atoms with E-state index in [9.17, 15) is 9.59 Å². The first-order chi connectivity index (χ1) is 9.69. The molecule has 2 rings (SSSR count).